The third kappa shape index (κ3) is 4.92. The first-order chi connectivity index (χ1) is 12.0. The van der Waals surface area contributed by atoms with Crippen LogP contribution < -0.4 is 4.90 Å². The molecule has 25 heavy (non-hydrogen) atoms. The number of esters is 1. The Kier molecular flexibility index (Phi) is 6.30. The van der Waals surface area contributed by atoms with Crippen molar-refractivity contribution < 1.29 is 14.3 Å². The van der Waals surface area contributed by atoms with Gasteiger partial charge in [-0.3, -0.25) is 4.79 Å². The summed E-state index contributed by atoms with van der Waals surface area (Å²) in [6.07, 6.45) is 0.200. The van der Waals surface area contributed by atoms with E-state index in [1.807, 2.05) is 56.3 Å². The molecule has 0 aliphatic heterocycles. The minimum absolute atomic E-state index is 0.200. The Morgan fingerprint density at radius 1 is 1.08 bits per heavy atom. The van der Waals surface area contributed by atoms with Crippen LogP contribution in [0.2, 0.25) is 0 Å². The fraction of sp³-hybridized carbons (Fsp3) is 0.250. The lowest BCUT2D eigenvalue weighted by molar-refractivity contribution is -0.121. The first-order valence-electron chi connectivity index (χ1n) is 7.99. The van der Waals surface area contributed by atoms with Gasteiger partial charge in [0.05, 0.1) is 18.1 Å². The fourth-order valence-corrected chi connectivity index (χ4v) is 2.37. The number of amides is 1. The molecule has 0 bridgehead atoms. The Morgan fingerprint density at radius 2 is 1.76 bits per heavy atom. The van der Waals surface area contributed by atoms with Gasteiger partial charge < -0.3 is 9.64 Å². The summed E-state index contributed by atoms with van der Waals surface area (Å²) in [6, 6.07) is 16.5. The molecule has 0 N–H and O–H groups in total. The van der Waals surface area contributed by atoms with Crippen molar-refractivity contribution in [1.29, 1.82) is 5.26 Å². The highest BCUT2D eigenvalue weighted by Gasteiger charge is 2.18. The monoisotopic (exact) mass is 336 g/mol. The standard InChI is InChI=1S/C20H20N2O3/c1-15-8-10-17(11-9-15)22(13-5-12-21)19(23)14-25-20(24)18-7-4-3-6-16(18)2/h3-4,6-11H,5,13-14H2,1-2H3. The lowest BCUT2D eigenvalue weighted by atomic mass is 10.1. The van der Waals surface area contributed by atoms with Gasteiger partial charge in [-0.15, -0.1) is 0 Å². The van der Waals surface area contributed by atoms with E-state index in [0.29, 0.717) is 11.3 Å². The average Bonchev–Trinajstić information content (AvgIpc) is 2.61. The van der Waals surface area contributed by atoms with Crippen LogP contribution in [0.15, 0.2) is 48.5 Å². The van der Waals surface area contributed by atoms with Gasteiger partial charge in [0.25, 0.3) is 5.91 Å². The van der Waals surface area contributed by atoms with E-state index in [9.17, 15) is 9.59 Å². The molecule has 5 heteroatoms. The first-order valence-corrected chi connectivity index (χ1v) is 7.99. The van der Waals surface area contributed by atoms with Crippen LogP contribution in [0, 0.1) is 25.2 Å². The predicted molar refractivity (Wildman–Crippen MR) is 95.2 cm³/mol. The van der Waals surface area contributed by atoms with Gasteiger partial charge in [-0.2, -0.15) is 5.26 Å². The topological polar surface area (TPSA) is 70.4 Å². The lowest BCUT2D eigenvalue weighted by Crippen LogP contribution is -2.35. The van der Waals surface area contributed by atoms with Crippen molar-refractivity contribution in [2.24, 2.45) is 0 Å². The van der Waals surface area contributed by atoms with Gasteiger partial charge >= 0.3 is 5.97 Å². The van der Waals surface area contributed by atoms with Crippen molar-refractivity contribution in [2.75, 3.05) is 18.1 Å². The normalized spacial score (nSPS) is 9.96. The smallest absolute Gasteiger partial charge is 0.338 e. The predicted octanol–water partition coefficient (Wildman–Crippen LogP) is 3.41. The number of carbonyl (C=O) groups excluding carboxylic acids is 2. The van der Waals surface area contributed by atoms with Gasteiger partial charge in [0.1, 0.15) is 0 Å². The maximum Gasteiger partial charge on any atom is 0.338 e. The molecule has 0 saturated heterocycles. The van der Waals surface area contributed by atoms with Crippen molar-refractivity contribution in [3.63, 3.8) is 0 Å². The zero-order chi connectivity index (χ0) is 18.2. The van der Waals surface area contributed by atoms with E-state index >= 15 is 0 Å². The number of rotatable bonds is 6. The second-order valence-corrected chi connectivity index (χ2v) is 5.68. The van der Waals surface area contributed by atoms with E-state index in [2.05, 4.69) is 0 Å². The number of nitrogens with zero attached hydrogens (tertiary/aromatic N) is 2. The van der Waals surface area contributed by atoms with Crippen molar-refractivity contribution in [2.45, 2.75) is 20.3 Å². The highest BCUT2D eigenvalue weighted by atomic mass is 16.5. The van der Waals surface area contributed by atoms with Crippen LogP contribution in [0.5, 0.6) is 0 Å². The summed E-state index contributed by atoms with van der Waals surface area (Å²) in [5.74, 6) is -0.892. The summed E-state index contributed by atoms with van der Waals surface area (Å²) >= 11 is 0. The molecule has 0 saturated carbocycles. The van der Waals surface area contributed by atoms with E-state index in [1.165, 1.54) is 4.90 Å². The molecule has 0 heterocycles. The summed E-state index contributed by atoms with van der Waals surface area (Å²) in [4.78, 5) is 26.1. The van der Waals surface area contributed by atoms with Crippen LogP contribution in [0.1, 0.15) is 27.9 Å². The van der Waals surface area contributed by atoms with E-state index in [0.717, 1.165) is 11.1 Å². The molecule has 2 aromatic carbocycles. The third-order valence-electron chi connectivity index (χ3n) is 3.79. The van der Waals surface area contributed by atoms with E-state index in [4.69, 9.17) is 10.00 Å². The van der Waals surface area contributed by atoms with E-state index in [-0.39, 0.29) is 25.5 Å². The van der Waals surface area contributed by atoms with Crippen molar-refractivity contribution in [1.82, 2.24) is 0 Å². The zero-order valence-corrected chi connectivity index (χ0v) is 14.4. The molecule has 0 aliphatic rings. The van der Waals surface area contributed by atoms with Gasteiger partial charge in [-0.05, 0) is 37.6 Å². The van der Waals surface area contributed by atoms with Crippen LogP contribution in [0.4, 0.5) is 5.69 Å². The summed E-state index contributed by atoms with van der Waals surface area (Å²) < 4.78 is 5.16. The SMILES string of the molecule is Cc1ccc(N(CCC#N)C(=O)COC(=O)c2ccccc2C)cc1. The Morgan fingerprint density at radius 3 is 2.40 bits per heavy atom. The second-order valence-electron chi connectivity index (χ2n) is 5.68. The highest BCUT2D eigenvalue weighted by Crippen LogP contribution is 2.16. The molecule has 0 radical (unpaired) electrons. The Labute approximate surface area is 147 Å². The maximum absolute atomic E-state index is 12.5. The van der Waals surface area contributed by atoms with Crippen molar-refractivity contribution in [3.05, 3.63) is 65.2 Å². The molecule has 1 amide bonds. The van der Waals surface area contributed by atoms with Crippen LogP contribution in [-0.2, 0) is 9.53 Å². The van der Waals surface area contributed by atoms with Crippen LogP contribution in [0.25, 0.3) is 0 Å². The number of aryl methyl sites for hydroxylation is 2. The van der Waals surface area contributed by atoms with Gasteiger partial charge in [-0.25, -0.2) is 4.79 Å². The summed E-state index contributed by atoms with van der Waals surface area (Å²) in [5, 5.41) is 8.81. The summed E-state index contributed by atoms with van der Waals surface area (Å²) in [7, 11) is 0. The van der Waals surface area contributed by atoms with Gasteiger partial charge in [-0.1, -0.05) is 35.9 Å². The molecule has 0 aliphatic carbocycles. The number of hydrogen-bond acceptors (Lipinski definition) is 4. The molecule has 128 valence electrons. The number of benzene rings is 2. The molecule has 0 fully saturated rings. The van der Waals surface area contributed by atoms with Crippen LogP contribution in [0.3, 0.4) is 0 Å². The Bertz CT molecular complexity index is 791. The quantitative estimate of drug-likeness (QED) is 0.758. The largest absolute Gasteiger partial charge is 0.452 e. The molecule has 0 aromatic heterocycles. The Balaban J connectivity index is 2.07. The third-order valence-corrected chi connectivity index (χ3v) is 3.79. The second kappa shape index (κ2) is 8.65. The molecule has 0 atom stereocenters. The Hall–Kier alpha value is -3.13. The molecule has 2 aromatic rings. The van der Waals surface area contributed by atoms with Gasteiger partial charge in [0.15, 0.2) is 6.61 Å². The lowest BCUT2D eigenvalue weighted by Gasteiger charge is -2.22. The van der Waals surface area contributed by atoms with Crippen LogP contribution in [-0.4, -0.2) is 25.0 Å². The van der Waals surface area contributed by atoms with Crippen molar-refractivity contribution >= 4 is 17.6 Å². The molecule has 0 spiro atoms. The van der Waals surface area contributed by atoms with Gasteiger partial charge in [0, 0.05) is 12.2 Å². The molecule has 2 rings (SSSR count). The number of ether oxygens (including phenoxy) is 1. The molecule has 5 nitrogen and oxygen atoms in total. The average molecular weight is 336 g/mol. The van der Waals surface area contributed by atoms with E-state index < -0.39 is 5.97 Å². The molecule has 0 unspecified atom stereocenters. The minimum Gasteiger partial charge on any atom is -0.452 e. The summed E-state index contributed by atoms with van der Waals surface area (Å²) in [5.41, 5.74) is 2.98. The summed E-state index contributed by atoms with van der Waals surface area (Å²) in [6.45, 7) is 3.64. The minimum atomic E-state index is -0.532. The highest BCUT2D eigenvalue weighted by molar-refractivity contribution is 5.97. The van der Waals surface area contributed by atoms with E-state index in [1.54, 1.807) is 12.1 Å². The van der Waals surface area contributed by atoms with Crippen molar-refractivity contribution in [3.8, 4) is 6.07 Å². The van der Waals surface area contributed by atoms with Crippen LogP contribution >= 0.6 is 0 Å². The van der Waals surface area contributed by atoms with Gasteiger partial charge in [0.2, 0.25) is 0 Å². The fourth-order valence-electron chi connectivity index (χ4n) is 2.37. The number of nitriles is 1. The number of anilines is 1. The molecular formula is C20H20N2O3. The number of carbonyl (C=O) groups is 2. The number of hydrogen-bond donors (Lipinski definition) is 0. The maximum atomic E-state index is 12.5. The first kappa shape index (κ1) is 18.2. The molecular weight excluding hydrogens is 316 g/mol. The zero-order valence-electron chi connectivity index (χ0n) is 14.4.